The molecule has 3 aromatic carbocycles. The molecule has 1 fully saturated rings. The Kier molecular flexibility index (Phi) is 9.98. The Morgan fingerprint density at radius 3 is 2.41 bits per heavy atom. The van der Waals surface area contributed by atoms with Crippen LogP contribution in [0.3, 0.4) is 0 Å². The van der Waals surface area contributed by atoms with Crippen molar-refractivity contribution in [2.45, 2.75) is 50.2 Å². The van der Waals surface area contributed by atoms with Crippen molar-refractivity contribution in [1.29, 1.82) is 0 Å². The van der Waals surface area contributed by atoms with Gasteiger partial charge in [-0.25, -0.2) is 14.8 Å². The fourth-order valence-electron chi connectivity index (χ4n) is 4.68. The van der Waals surface area contributed by atoms with E-state index in [-0.39, 0.29) is 24.8 Å². The van der Waals surface area contributed by atoms with Crippen molar-refractivity contribution in [2.24, 2.45) is 0 Å². The standard InChI is InChI=1S/C32H34N4O4S/c1-2-33-31(38)36-19-23-6-3-7-25(16-23)26-8-4-9-27(17-26)30-39-28(21-41-32-34-14-5-15-35-32)18-29(40-30)24-12-10-22(20-37)11-13-24/h3-17,28-30,37H,2,18-21H2,1H3,(H2,33,36,38)/t28-,29+,30+/m1/s1. The van der Waals surface area contributed by atoms with Crippen LogP contribution in [-0.2, 0) is 22.6 Å². The van der Waals surface area contributed by atoms with Crippen molar-refractivity contribution in [3.63, 3.8) is 0 Å². The number of ether oxygens (including phenoxy) is 2. The van der Waals surface area contributed by atoms with Gasteiger partial charge in [0.1, 0.15) is 0 Å². The van der Waals surface area contributed by atoms with Crippen LogP contribution in [0.4, 0.5) is 4.79 Å². The summed E-state index contributed by atoms with van der Waals surface area (Å²) >= 11 is 1.57. The second kappa shape index (κ2) is 14.2. The molecule has 1 saturated heterocycles. The van der Waals surface area contributed by atoms with Gasteiger partial charge < -0.3 is 25.2 Å². The van der Waals surface area contributed by atoms with Crippen molar-refractivity contribution in [3.8, 4) is 11.1 Å². The molecule has 8 nitrogen and oxygen atoms in total. The molecule has 3 atom stereocenters. The first-order valence-corrected chi connectivity index (χ1v) is 14.7. The summed E-state index contributed by atoms with van der Waals surface area (Å²) in [5.74, 6) is 0.690. The van der Waals surface area contributed by atoms with Gasteiger partial charge in [-0.3, -0.25) is 0 Å². The Labute approximate surface area is 244 Å². The quantitative estimate of drug-likeness (QED) is 0.164. The molecule has 0 unspecified atom stereocenters. The average molecular weight is 571 g/mol. The monoisotopic (exact) mass is 570 g/mol. The number of amides is 2. The maximum Gasteiger partial charge on any atom is 0.315 e. The fourth-order valence-corrected chi connectivity index (χ4v) is 5.50. The maximum absolute atomic E-state index is 11.8. The molecule has 2 amide bonds. The molecule has 0 bridgehead atoms. The molecule has 0 aliphatic carbocycles. The fraction of sp³-hybridized carbons (Fsp3) is 0.281. The Balaban J connectivity index is 1.35. The minimum absolute atomic E-state index is 0.00384. The van der Waals surface area contributed by atoms with E-state index in [2.05, 4.69) is 44.9 Å². The molecule has 212 valence electrons. The van der Waals surface area contributed by atoms with E-state index in [0.29, 0.717) is 30.4 Å². The summed E-state index contributed by atoms with van der Waals surface area (Å²) < 4.78 is 13.0. The topological polar surface area (TPSA) is 106 Å². The molecule has 1 aromatic heterocycles. The highest BCUT2D eigenvalue weighted by Crippen LogP contribution is 2.40. The number of carbonyl (C=O) groups excluding carboxylic acids is 1. The van der Waals surface area contributed by atoms with E-state index in [1.54, 1.807) is 30.2 Å². The number of nitrogens with one attached hydrogen (secondary N) is 2. The molecule has 41 heavy (non-hydrogen) atoms. The van der Waals surface area contributed by atoms with E-state index < -0.39 is 6.29 Å². The van der Waals surface area contributed by atoms with E-state index in [1.165, 1.54) is 0 Å². The third-order valence-corrected chi connectivity index (χ3v) is 7.77. The van der Waals surface area contributed by atoms with E-state index in [0.717, 1.165) is 33.4 Å². The van der Waals surface area contributed by atoms with Crippen molar-refractivity contribution in [3.05, 3.63) is 114 Å². The molecule has 9 heteroatoms. The third-order valence-electron chi connectivity index (χ3n) is 6.76. The second-order valence-electron chi connectivity index (χ2n) is 9.73. The number of aliphatic hydroxyl groups excluding tert-OH is 1. The second-order valence-corrected chi connectivity index (χ2v) is 10.7. The summed E-state index contributed by atoms with van der Waals surface area (Å²) in [6.45, 7) is 2.92. The number of benzene rings is 3. The average Bonchev–Trinajstić information content (AvgIpc) is 3.03. The summed E-state index contributed by atoms with van der Waals surface area (Å²) in [5, 5.41) is 15.8. The zero-order valence-electron chi connectivity index (χ0n) is 22.9. The van der Waals surface area contributed by atoms with Gasteiger partial charge in [-0.2, -0.15) is 0 Å². The van der Waals surface area contributed by atoms with Gasteiger partial charge in [0, 0.05) is 43.2 Å². The highest BCUT2D eigenvalue weighted by molar-refractivity contribution is 7.99. The van der Waals surface area contributed by atoms with Gasteiger partial charge in [0.05, 0.1) is 18.8 Å². The first kappa shape index (κ1) is 28.8. The van der Waals surface area contributed by atoms with E-state index >= 15 is 0 Å². The summed E-state index contributed by atoms with van der Waals surface area (Å²) in [6, 6.07) is 25.8. The van der Waals surface area contributed by atoms with Gasteiger partial charge in [0.25, 0.3) is 0 Å². The van der Waals surface area contributed by atoms with Gasteiger partial charge in [0.2, 0.25) is 0 Å². The summed E-state index contributed by atoms with van der Waals surface area (Å²) in [5.41, 5.74) is 5.92. The lowest BCUT2D eigenvalue weighted by Crippen LogP contribution is -2.34. The van der Waals surface area contributed by atoms with E-state index in [4.69, 9.17) is 9.47 Å². The Morgan fingerprint density at radius 2 is 1.66 bits per heavy atom. The van der Waals surface area contributed by atoms with Crippen molar-refractivity contribution >= 4 is 17.8 Å². The Bertz CT molecular complexity index is 1420. The van der Waals surface area contributed by atoms with Gasteiger partial charge in [-0.15, -0.1) is 0 Å². The summed E-state index contributed by atoms with van der Waals surface area (Å²) in [6.07, 6.45) is 3.36. The first-order valence-electron chi connectivity index (χ1n) is 13.7. The van der Waals surface area contributed by atoms with Crippen molar-refractivity contribution in [1.82, 2.24) is 20.6 Å². The molecule has 0 radical (unpaired) electrons. The minimum Gasteiger partial charge on any atom is -0.392 e. The lowest BCUT2D eigenvalue weighted by atomic mass is 9.99. The first-order chi connectivity index (χ1) is 20.1. The highest BCUT2D eigenvalue weighted by atomic mass is 32.2. The predicted molar refractivity (Wildman–Crippen MR) is 159 cm³/mol. The largest absolute Gasteiger partial charge is 0.392 e. The highest BCUT2D eigenvalue weighted by Gasteiger charge is 2.32. The van der Waals surface area contributed by atoms with Crippen LogP contribution in [0, 0.1) is 0 Å². The molecular weight excluding hydrogens is 536 g/mol. The smallest absolute Gasteiger partial charge is 0.315 e. The molecule has 1 aliphatic rings. The van der Waals surface area contributed by atoms with Crippen molar-refractivity contribution in [2.75, 3.05) is 12.3 Å². The molecule has 2 heterocycles. The molecule has 4 aromatic rings. The maximum atomic E-state index is 11.8. The lowest BCUT2D eigenvalue weighted by molar-refractivity contribution is -0.245. The zero-order chi connectivity index (χ0) is 28.4. The van der Waals surface area contributed by atoms with E-state index in [1.807, 2.05) is 55.5 Å². The molecular formula is C32H34N4O4S. The minimum atomic E-state index is -0.559. The number of carbonyl (C=O) groups is 1. The molecule has 0 saturated carbocycles. The van der Waals surface area contributed by atoms with Crippen LogP contribution >= 0.6 is 11.8 Å². The van der Waals surface area contributed by atoms with E-state index in [9.17, 15) is 9.90 Å². The van der Waals surface area contributed by atoms with Crippen molar-refractivity contribution < 1.29 is 19.4 Å². The van der Waals surface area contributed by atoms with Crippen LogP contribution in [0.15, 0.2) is 96.4 Å². The summed E-state index contributed by atoms with van der Waals surface area (Å²) in [7, 11) is 0. The van der Waals surface area contributed by atoms with Crippen LogP contribution in [0.1, 0.15) is 48.0 Å². The van der Waals surface area contributed by atoms with Crippen LogP contribution in [0.2, 0.25) is 0 Å². The Hall–Kier alpha value is -3.76. The van der Waals surface area contributed by atoms with Crippen LogP contribution in [0.25, 0.3) is 11.1 Å². The predicted octanol–water partition coefficient (Wildman–Crippen LogP) is 5.79. The van der Waals surface area contributed by atoms with Gasteiger partial charge in [-0.05, 0) is 52.9 Å². The Morgan fingerprint density at radius 1 is 0.902 bits per heavy atom. The number of aliphatic hydroxyl groups is 1. The molecule has 1 aliphatic heterocycles. The van der Waals surface area contributed by atoms with Gasteiger partial charge in [0.15, 0.2) is 11.4 Å². The third kappa shape index (κ3) is 7.92. The molecule has 5 rings (SSSR count). The number of urea groups is 1. The number of thioether (sulfide) groups is 1. The number of hydrogen-bond donors (Lipinski definition) is 3. The van der Waals surface area contributed by atoms with Crippen LogP contribution < -0.4 is 10.6 Å². The molecule has 3 N–H and O–H groups in total. The van der Waals surface area contributed by atoms with Gasteiger partial charge >= 0.3 is 6.03 Å². The number of rotatable bonds is 10. The normalized spacial score (nSPS) is 18.5. The summed E-state index contributed by atoms with van der Waals surface area (Å²) in [4.78, 5) is 20.5. The van der Waals surface area contributed by atoms with Crippen LogP contribution in [-0.4, -0.2) is 39.5 Å². The number of aromatic nitrogens is 2. The zero-order valence-corrected chi connectivity index (χ0v) is 23.7. The SMILES string of the molecule is CCNC(=O)NCc1cccc(-c2cccc([C@H]3O[C@@H](CSc4ncccn4)C[C@@H](c4ccc(CO)cc4)O3)c2)c1. The van der Waals surface area contributed by atoms with Crippen LogP contribution in [0.5, 0.6) is 0 Å². The van der Waals surface area contributed by atoms with Gasteiger partial charge in [-0.1, -0.05) is 72.4 Å². The number of hydrogen-bond acceptors (Lipinski definition) is 7. The lowest BCUT2D eigenvalue weighted by Gasteiger charge is -2.36. The number of nitrogens with zero attached hydrogens (tertiary/aromatic N) is 2. The molecule has 0 spiro atoms.